The molecular weight excluding hydrogens is 369 g/mol. The summed E-state index contributed by atoms with van der Waals surface area (Å²) in [6, 6.07) is 6.51. The highest BCUT2D eigenvalue weighted by molar-refractivity contribution is 14.1. The van der Waals surface area contributed by atoms with Gasteiger partial charge in [0.15, 0.2) is 0 Å². The van der Waals surface area contributed by atoms with Gasteiger partial charge in [-0.2, -0.15) is 0 Å². The minimum Gasteiger partial charge on any atom is -0.478 e. The molecule has 0 spiro atoms. The van der Waals surface area contributed by atoms with Gasteiger partial charge in [-0.25, -0.2) is 9.78 Å². The first-order chi connectivity index (χ1) is 9.52. The molecule has 20 heavy (non-hydrogen) atoms. The first-order valence-corrected chi connectivity index (χ1v) is 6.82. The summed E-state index contributed by atoms with van der Waals surface area (Å²) in [5, 5.41) is 8.89. The summed E-state index contributed by atoms with van der Waals surface area (Å²) in [5.74, 6) is -0.105. The van der Waals surface area contributed by atoms with Crippen molar-refractivity contribution in [2.24, 2.45) is 4.99 Å². The molecule has 2 aromatic rings. The van der Waals surface area contributed by atoms with Crippen LogP contribution in [0, 0.1) is 10.6 Å². The maximum atomic E-state index is 10.8. The highest BCUT2D eigenvalue weighted by Gasteiger charge is 2.06. The van der Waals surface area contributed by atoms with E-state index in [4.69, 9.17) is 5.11 Å². The Balaban J connectivity index is 2.42. The van der Waals surface area contributed by atoms with Crippen molar-refractivity contribution in [2.75, 3.05) is 0 Å². The molecule has 6 heteroatoms. The molecule has 0 fully saturated rings. The van der Waals surface area contributed by atoms with Crippen LogP contribution in [0.15, 0.2) is 35.5 Å². The topological polar surface area (TPSA) is 67.5 Å². The highest BCUT2D eigenvalue weighted by Crippen LogP contribution is 2.19. The van der Waals surface area contributed by atoms with Crippen LogP contribution in [-0.4, -0.2) is 27.3 Å². The number of nitrogens with zero attached hydrogens (tertiary/aromatic N) is 3. The Kier molecular flexibility index (Phi) is 4.33. The van der Waals surface area contributed by atoms with E-state index in [0.29, 0.717) is 5.70 Å². The molecule has 0 atom stereocenters. The minimum absolute atomic E-state index is 0.241. The summed E-state index contributed by atoms with van der Waals surface area (Å²) in [5.41, 5.74) is 1.69. The fourth-order valence-corrected chi connectivity index (χ4v) is 2.32. The van der Waals surface area contributed by atoms with Crippen LogP contribution in [0.1, 0.15) is 21.7 Å². The van der Waals surface area contributed by atoms with Gasteiger partial charge in [0.1, 0.15) is 9.53 Å². The molecule has 1 aromatic heterocycles. The zero-order valence-corrected chi connectivity index (χ0v) is 12.9. The van der Waals surface area contributed by atoms with Crippen LogP contribution in [-0.2, 0) is 0 Å². The zero-order chi connectivity index (χ0) is 14.7. The van der Waals surface area contributed by atoms with Gasteiger partial charge in [0.05, 0.1) is 17.5 Å². The Hall–Kier alpha value is -1.96. The number of hydrogen-bond donors (Lipinski definition) is 1. The molecule has 0 amide bonds. The number of carbonyl (C=O) groups is 1. The standard InChI is InChI=1S/C14H12IN3O2/c1-9-17-7-13(15)18(9)8-12(16-2)10-3-5-11(6-4-10)14(19)20/h3-8H,2H2,1H3,(H,19,20)/b12-8-. The molecule has 2 rings (SSSR count). The molecule has 1 aromatic carbocycles. The molecule has 0 bridgehead atoms. The van der Waals surface area contributed by atoms with Crippen molar-refractivity contribution in [3.63, 3.8) is 0 Å². The molecule has 5 nitrogen and oxygen atoms in total. The van der Waals surface area contributed by atoms with Gasteiger partial charge in [-0.1, -0.05) is 12.1 Å². The van der Waals surface area contributed by atoms with Crippen LogP contribution in [0.3, 0.4) is 0 Å². The van der Waals surface area contributed by atoms with Crippen molar-refractivity contribution in [1.82, 2.24) is 9.55 Å². The molecule has 0 saturated heterocycles. The normalized spacial score (nSPS) is 11.4. The number of benzene rings is 1. The van der Waals surface area contributed by atoms with E-state index in [9.17, 15) is 4.79 Å². The molecule has 0 radical (unpaired) electrons. The number of rotatable bonds is 4. The van der Waals surface area contributed by atoms with Crippen molar-refractivity contribution < 1.29 is 9.90 Å². The summed E-state index contributed by atoms with van der Waals surface area (Å²) >= 11 is 2.18. The second kappa shape index (κ2) is 6.00. The van der Waals surface area contributed by atoms with Crippen LogP contribution >= 0.6 is 22.6 Å². The first kappa shape index (κ1) is 14.4. The van der Waals surface area contributed by atoms with Crippen molar-refractivity contribution in [3.05, 3.63) is 51.1 Å². The fraction of sp³-hybridized carbons (Fsp3) is 0.0714. The van der Waals surface area contributed by atoms with E-state index in [1.54, 1.807) is 30.5 Å². The number of aryl methyl sites for hydroxylation is 1. The lowest BCUT2D eigenvalue weighted by Crippen LogP contribution is -1.97. The van der Waals surface area contributed by atoms with Gasteiger partial charge >= 0.3 is 5.97 Å². The van der Waals surface area contributed by atoms with Crippen molar-refractivity contribution in [1.29, 1.82) is 0 Å². The molecule has 0 aliphatic carbocycles. The lowest BCUT2D eigenvalue weighted by molar-refractivity contribution is 0.0697. The number of hydrogen-bond acceptors (Lipinski definition) is 3. The molecule has 0 unspecified atom stereocenters. The lowest BCUT2D eigenvalue weighted by Gasteiger charge is -2.05. The second-order valence-electron chi connectivity index (χ2n) is 4.05. The van der Waals surface area contributed by atoms with Gasteiger partial charge in [0.25, 0.3) is 0 Å². The van der Waals surface area contributed by atoms with Gasteiger partial charge < -0.3 is 5.11 Å². The summed E-state index contributed by atoms with van der Waals surface area (Å²) in [4.78, 5) is 19.0. The van der Waals surface area contributed by atoms with Crippen LogP contribution in [0.5, 0.6) is 0 Å². The Labute approximate surface area is 129 Å². The van der Waals surface area contributed by atoms with E-state index < -0.39 is 5.97 Å². The van der Waals surface area contributed by atoms with E-state index in [0.717, 1.165) is 15.1 Å². The van der Waals surface area contributed by atoms with Gasteiger partial charge in [0.2, 0.25) is 0 Å². The van der Waals surface area contributed by atoms with Gasteiger partial charge in [-0.3, -0.25) is 9.56 Å². The summed E-state index contributed by atoms with van der Waals surface area (Å²) < 4.78 is 2.86. The number of halogens is 1. The predicted molar refractivity (Wildman–Crippen MR) is 86.8 cm³/mol. The third kappa shape index (κ3) is 2.96. The second-order valence-corrected chi connectivity index (χ2v) is 5.16. The fourth-order valence-electron chi connectivity index (χ4n) is 1.69. The Morgan fingerprint density at radius 3 is 2.45 bits per heavy atom. The predicted octanol–water partition coefficient (Wildman–Crippen LogP) is 3.15. The maximum absolute atomic E-state index is 10.8. The van der Waals surface area contributed by atoms with Crippen LogP contribution in [0.2, 0.25) is 0 Å². The molecule has 102 valence electrons. The molecular formula is C14H12IN3O2. The molecule has 1 N–H and O–H groups in total. The van der Waals surface area contributed by atoms with Gasteiger partial charge in [0, 0.05) is 11.8 Å². The van der Waals surface area contributed by atoms with Crippen molar-refractivity contribution in [3.8, 4) is 0 Å². The highest BCUT2D eigenvalue weighted by atomic mass is 127. The van der Waals surface area contributed by atoms with E-state index >= 15 is 0 Å². The number of carboxylic acids is 1. The molecule has 0 aliphatic rings. The quantitative estimate of drug-likeness (QED) is 0.654. The van der Waals surface area contributed by atoms with Crippen molar-refractivity contribution >= 4 is 47.2 Å². The summed E-state index contributed by atoms with van der Waals surface area (Å²) in [6.07, 6.45) is 3.59. The zero-order valence-electron chi connectivity index (χ0n) is 10.7. The third-order valence-corrected chi connectivity index (χ3v) is 3.58. The number of imidazole rings is 1. The largest absolute Gasteiger partial charge is 0.478 e. The van der Waals surface area contributed by atoms with Gasteiger partial charge in [-0.05, 0) is 48.4 Å². The van der Waals surface area contributed by atoms with Crippen LogP contribution in [0.4, 0.5) is 0 Å². The van der Waals surface area contributed by atoms with Crippen LogP contribution < -0.4 is 0 Å². The molecule has 1 heterocycles. The van der Waals surface area contributed by atoms with E-state index in [-0.39, 0.29) is 5.56 Å². The number of carboxylic acid groups (broad SMARTS) is 1. The van der Waals surface area contributed by atoms with E-state index in [1.165, 1.54) is 0 Å². The lowest BCUT2D eigenvalue weighted by atomic mass is 10.1. The van der Waals surface area contributed by atoms with E-state index in [2.05, 4.69) is 39.3 Å². The Morgan fingerprint density at radius 1 is 1.40 bits per heavy atom. The Morgan fingerprint density at radius 2 is 2.00 bits per heavy atom. The summed E-state index contributed by atoms with van der Waals surface area (Å²) in [7, 11) is 0. The monoisotopic (exact) mass is 381 g/mol. The summed E-state index contributed by atoms with van der Waals surface area (Å²) in [6.45, 7) is 5.46. The average Bonchev–Trinajstić information content (AvgIpc) is 2.76. The van der Waals surface area contributed by atoms with E-state index in [1.807, 2.05) is 17.7 Å². The minimum atomic E-state index is -0.950. The van der Waals surface area contributed by atoms with Crippen molar-refractivity contribution in [2.45, 2.75) is 6.92 Å². The third-order valence-electron chi connectivity index (χ3n) is 2.79. The number of aliphatic imine (C=N–C) groups is 1. The molecule has 0 aliphatic heterocycles. The average molecular weight is 381 g/mol. The number of aromatic carboxylic acids is 1. The van der Waals surface area contributed by atoms with Gasteiger partial charge in [-0.15, -0.1) is 0 Å². The SMILES string of the molecule is C=N/C(=C\n1c(I)cnc1C)c1ccc(C(=O)O)cc1. The number of aromatic nitrogens is 2. The molecule has 0 saturated carbocycles. The first-order valence-electron chi connectivity index (χ1n) is 5.74. The maximum Gasteiger partial charge on any atom is 0.335 e. The van der Waals surface area contributed by atoms with Crippen LogP contribution in [0.25, 0.3) is 11.9 Å². The Bertz CT molecular complexity index is 667. The smallest absolute Gasteiger partial charge is 0.335 e.